The second-order valence-electron chi connectivity index (χ2n) is 3.28. The Bertz CT molecular complexity index is 598. The van der Waals surface area contributed by atoms with Crippen LogP contribution in [0.5, 0.6) is 17.8 Å². The molecule has 0 fully saturated rings. The van der Waals surface area contributed by atoms with Crippen molar-refractivity contribution in [1.82, 2.24) is 15.0 Å². The first-order valence-electron chi connectivity index (χ1n) is 5.25. The number of hydrogen-bond donors (Lipinski definition) is 0. The predicted molar refractivity (Wildman–Crippen MR) is 77.9 cm³/mol. The topological polar surface area (TPSA) is 57.1 Å². The van der Waals surface area contributed by atoms with Crippen LogP contribution in [0.15, 0.2) is 27.1 Å². The summed E-state index contributed by atoms with van der Waals surface area (Å²) < 4.78 is 12.4. The smallest absolute Gasteiger partial charge is 0.329 e. The Morgan fingerprint density at radius 2 is 1.89 bits per heavy atom. The summed E-state index contributed by atoms with van der Waals surface area (Å²) in [5, 5.41) is 0.0154. The summed E-state index contributed by atoms with van der Waals surface area (Å²) >= 11 is 12.5. The lowest BCUT2D eigenvalue weighted by Gasteiger charge is -2.07. The lowest BCUT2D eigenvalue weighted by molar-refractivity contribution is 0.303. The monoisotopic (exact) mass is 407 g/mol. The van der Waals surface area contributed by atoms with Gasteiger partial charge in [0.2, 0.25) is 5.28 Å². The molecule has 0 aliphatic heterocycles. The zero-order chi connectivity index (χ0) is 13.8. The molecule has 5 nitrogen and oxygen atoms in total. The molecule has 0 amide bonds. The van der Waals surface area contributed by atoms with Crippen molar-refractivity contribution < 1.29 is 9.47 Å². The molecule has 100 valence electrons. The van der Waals surface area contributed by atoms with E-state index in [0.29, 0.717) is 12.4 Å². The Labute approximate surface area is 131 Å². The van der Waals surface area contributed by atoms with E-state index in [1.165, 1.54) is 0 Å². The molecule has 1 heterocycles. The van der Waals surface area contributed by atoms with Gasteiger partial charge < -0.3 is 9.47 Å². The van der Waals surface area contributed by atoms with Gasteiger partial charge in [0, 0.05) is 4.47 Å². The Balaban J connectivity index is 2.27. The Morgan fingerprint density at radius 3 is 2.58 bits per heavy atom. The summed E-state index contributed by atoms with van der Waals surface area (Å²) in [6.07, 6.45) is 0. The van der Waals surface area contributed by atoms with E-state index < -0.39 is 0 Å². The van der Waals surface area contributed by atoms with Crippen LogP contribution in [0.4, 0.5) is 0 Å². The maximum absolute atomic E-state index is 5.78. The molecule has 1 aromatic heterocycles. The van der Waals surface area contributed by atoms with Gasteiger partial charge in [0.25, 0.3) is 0 Å². The quantitative estimate of drug-likeness (QED) is 0.756. The van der Waals surface area contributed by atoms with Crippen molar-refractivity contribution in [1.29, 1.82) is 0 Å². The number of aromatic nitrogens is 3. The molecule has 8 heteroatoms. The minimum absolute atomic E-state index is 0.0154. The first kappa shape index (κ1) is 14.5. The summed E-state index contributed by atoms with van der Waals surface area (Å²) in [5.74, 6) is 0.563. The summed E-state index contributed by atoms with van der Waals surface area (Å²) in [6, 6.07) is 5.66. The molecule has 0 atom stereocenters. The Hall–Kier alpha value is -0.920. The highest BCUT2D eigenvalue weighted by atomic mass is 79.9. The van der Waals surface area contributed by atoms with Crippen molar-refractivity contribution >= 4 is 43.5 Å². The fourth-order valence-corrected chi connectivity index (χ4v) is 2.48. The third-order valence-electron chi connectivity index (χ3n) is 1.94. The fourth-order valence-electron chi connectivity index (χ4n) is 1.21. The zero-order valence-corrected chi connectivity index (χ0v) is 13.7. The van der Waals surface area contributed by atoms with E-state index in [9.17, 15) is 0 Å². The number of hydrogen-bond acceptors (Lipinski definition) is 5. The third kappa shape index (κ3) is 4.02. The third-order valence-corrected chi connectivity index (χ3v) is 3.22. The number of rotatable bonds is 4. The Morgan fingerprint density at radius 1 is 1.16 bits per heavy atom. The van der Waals surface area contributed by atoms with E-state index in [1.807, 2.05) is 19.1 Å². The molecule has 0 saturated carbocycles. The van der Waals surface area contributed by atoms with Crippen LogP contribution in [-0.2, 0) is 0 Å². The van der Waals surface area contributed by atoms with Crippen LogP contribution in [0, 0.1) is 0 Å². The van der Waals surface area contributed by atoms with Crippen LogP contribution < -0.4 is 9.47 Å². The average molecular weight is 409 g/mol. The van der Waals surface area contributed by atoms with Gasteiger partial charge in [0.05, 0.1) is 11.1 Å². The molecule has 0 spiro atoms. The molecule has 1 aromatic carbocycles. The molecule has 0 bridgehead atoms. The Kier molecular flexibility index (Phi) is 4.95. The van der Waals surface area contributed by atoms with Crippen molar-refractivity contribution in [3.63, 3.8) is 0 Å². The van der Waals surface area contributed by atoms with Gasteiger partial charge in [-0.15, -0.1) is 4.98 Å². The molecule has 2 aromatic rings. The SMILES string of the molecule is CCOc1nc(Cl)nc(Oc2ccc(Br)cc2Br)n1. The van der Waals surface area contributed by atoms with E-state index in [0.717, 1.165) is 8.95 Å². The number of halogens is 3. The van der Waals surface area contributed by atoms with E-state index in [4.69, 9.17) is 21.1 Å². The summed E-state index contributed by atoms with van der Waals surface area (Å²) in [6.45, 7) is 2.26. The summed E-state index contributed by atoms with van der Waals surface area (Å²) in [5.41, 5.74) is 0. The first-order valence-corrected chi connectivity index (χ1v) is 7.22. The lowest BCUT2D eigenvalue weighted by Crippen LogP contribution is -2.01. The minimum Gasteiger partial charge on any atom is -0.464 e. The van der Waals surface area contributed by atoms with E-state index in [-0.39, 0.29) is 17.3 Å². The molecule has 0 unspecified atom stereocenters. The van der Waals surface area contributed by atoms with Gasteiger partial charge >= 0.3 is 12.0 Å². The molecule has 0 N–H and O–H groups in total. The van der Waals surface area contributed by atoms with Gasteiger partial charge in [-0.2, -0.15) is 9.97 Å². The fraction of sp³-hybridized carbons (Fsp3) is 0.182. The van der Waals surface area contributed by atoms with Gasteiger partial charge in [-0.1, -0.05) is 15.9 Å². The van der Waals surface area contributed by atoms with Gasteiger partial charge in [-0.05, 0) is 52.7 Å². The second-order valence-corrected chi connectivity index (χ2v) is 5.39. The van der Waals surface area contributed by atoms with Crippen molar-refractivity contribution in [2.24, 2.45) is 0 Å². The van der Waals surface area contributed by atoms with Gasteiger partial charge in [-0.3, -0.25) is 0 Å². The molecule has 0 radical (unpaired) electrons. The van der Waals surface area contributed by atoms with Crippen LogP contribution in [0.3, 0.4) is 0 Å². The van der Waals surface area contributed by atoms with E-state index in [1.54, 1.807) is 6.07 Å². The maximum atomic E-state index is 5.78. The maximum Gasteiger partial charge on any atom is 0.329 e. The van der Waals surface area contributed by atoms with Crippen LogP contribution in [-0.4, -0.2) is 21.6 Å². The number of nitrogens with zero attached hydrogens (tertiary/aromatic N) is 3. The van der Waals surface area contributed by atoms with E-state index in [2.05, 4.69) is 46.8 Å². The standard InChI is InChI=1S/C11H8Br2ClN3O2/c1-2-18-10-15-9(14)16-11(17-10)19-8-4-3-6(12)5-7(8)13/h3-5H,2H2,1H3. The number of benzene rings is 1. The summed E-state index contributed by atoms with van der Waals surface area (Å²) in [7, 11) is 0. The molecule has 19 heavy (non-hydrogen) atoms. The van der Waals surface area contributed by atoms with Gasteiger partial charge in [-0.25, -0.2) is 0 Å². The molecule has 0 aliphatic carbocycles. The average Bonchev–Trinajstić information content (AvgIpc) is 2.32. The highest BCUT2D eigenvalue weighted by molar-refractivity contribution is 9.11. The van der Waals surface area contributed by atoms with E-state index >= 15 is 0 Å². The van der Waals surface area contributed by atoms with Crippen LogP contribution in [0.1, 0.15) is 6.92 Å². The molecular weight excluding hydrogens is 401 g/mol. The molecule has 0 saturated heterocycles. The highest BCUT2D eigenvalue weighted by Crippen LogP contribution is 2.31. The number of ether oxygens (including phenoxy) is 2. The largest absolute Gasteiger partial charge is 0.464 e. The predicted octanol–water partition coefficient (Wildman–Crippen LogP) is 4.24. The minimum atomic E-state index is 0.0154. The second kappa shape index (κ2) is 6.49. The van der Waals surface area contributed by atoms with Crippen LogP contribution in [0.2, 0.25) is 5.28 Å². The van der Waals surface area contributed by atoms with Crippen molar-refractivity contribution in [2.75, 3.05) is 6.61 Å². The van der Waals surface area contributed by atoms with Gasteiger partial charge in [0.1, 0.15) is 5.75 Å². The molecular formula is C11H8Br2ClN3O2. The highest BCUT2D eigenvalue weighted by Gasteiger charge is 2.10. The first-order chi connectivity index (χ1) is 9.08. The normalized spacial score (nSPS) is 10.3. The van der Waals surface area contributed by atoms with Crippen molar-refractivity contribution in [2.45, 2.75) is 6.92 Å². The molecule has 2 rings (SSSR count). The van der Waals surface area contributed by atoms with Crippen LogP contribution in [0.25, 0.3) is 0 Å². The zero-order valence-electron chi connectivity index (χ0n) is 9.73. The molecule has 0 aliphatic rings. The van der Waals surface area contributed by atoms with Crippen LogP contribution >= 0.6 is 43.5 Å². The lowest BCUT2D eigenvalue weighted by atomic mass is 10.3. The van der Waals surface area contributed by atoms with Gasteiger partial charge in [0.15, 0.2) is 0 Å². The van der Waals surface area contributed by atoms with Crippen molar-refractivity contribution in [3.8, 4) is 17.8 Å². The van der Waals surface area contributed by atoms with Crippen molar-refractivity contribution in [3.05, 3.63) is 32.4 Å². The summed E-state index contributed by atoms with van der Waals surface area (Å²) in [4.78, 5) is 11.7.